The number of amides is 1. The molecule has 0 aromatic heterocycles. The molecule has 1 heterocycles. The van der Waals surface area contributed by atoms with Crippen molar-refractivity contribution >= 4 is 29.1 Å². The molecule has 4 atom stereocenters. The summed E-state index contributed by atoms with van der Waals surface area (Å²) in [6.45, 7) is 7.10. The Morgan fingerprint density at radius 1 is 0.976 bits per heavy atom. The lowest BCUT2D eigenvalue weighted by atomic mass is 9.68. The molecule has 0 unspecified atom stereocenters. The Bertz CT molecular complexity index is 1360. The molecule has 1 aliphatic rings. The highest BCUT2D eigenvalue weighted by Crippen LogP contribution is 2.48. The normalized spacial score (nSPS) is 22.4. The maximum Gasteiger partial charge on any atom is 0.240 e. The standard InChI is InChI=1S/C33H41Cl2N3O3/c1-32(2,3)20-28-33(36,23-11-13-24(34)14-12-23)29(22-8-7-9-25(35)19-22)30(37-28)31(39)38(4)17-16-21-10-15-26(40-5)27(18-21)41-6/h7-15,18-19,28-30,37H,16-17,20,36H2,1-6H3/t28-,29-,30+,33+/m0/s1. The fourth-order valence-corrected chi connectivity index (χ4v) is 6.29. The number of nitrogens with two attached hydrogens (primary N) is 1. The molecule has 0 aliphatic carbocycles. The smallest absolute Gasteiger partial charge is 0.240 e. The van der Waals surface area contributed by atoms with E-state index in [1.54, 1.807) is 19.1 Å². The van der Waals surface area contributed by atoms with Crippen molar-refractivity contribution in [3.05, 3.63) is 93.5 Å². The first-order valence-corrected chi connectivity index (χ1v) is 14.6. The summed E-state index contributed by atoms with van der Waals surface area (Å²) >= 11 is 12.8. The van der Waals surface area contributed by atoms with Crippen LogP contribution >= 0.6 is 23.2 Å². The third kappa shape index (κ3) is 6.83. The summed E-state index contributed by atoms with van der Waals surface area (Å²) < 4.78 is 10.8. The van der Waals surface area contributed by atoms with Gasteiger partial charge in [0, 0.05) is 35.6 Å². The number of carbonyl (C=O) groups excluding carboxylic acids is 1. The van der Waals surface area contributed by atoms with Crippen LogP contribution in [0.4, 0.5) is 0 Å². The van der Waals surface area contributed by atoms with Crippen LogP contribution in [-0.2, 0) is 16.8 Å². The molecule has 0 bridgehead atoms. The number of hydrogen-bond acceptors (Lipinski definition) is 5. The highest BCUT2D eigenvalue weighted by molar-refractivity contribution is 6.30. The van der Waals surface area contributed by atoms with Crippen molar-refractivity contribution in [1.29, 1.82) is 0 Å². The van der Waals surface area contributed by atoms with E-state index in [-0.39, 0.29) is 23.3 Å². The maximum absolute atomic E-state index is 14.3. The number of carbonyl (C=O) groups is 1. The van der Waals surface area contributed by atoms with Gasteiger partial charge in [-0.25, -0.2) is 0 Å². The number of likely N-dealkylation sites (N-methyl/N-ethyl adjacent to an activating group) is 1. The fourth-order valence-electron chi connectivity index (χ4n) is 5.97. The molecule has 0 saturated carbocycles. The van der Waals surface area contributed by atoms with Gasteiger partial charge in [-0.05, 0) is 71.3 Å². The van der Waals surface area contributed by atoms with Crippen LogP contribution in [-0.4, -0.2) is 50.7 Å². The van der Waals surface area contributed by atoms with Crippen molar-refractivity contribution in [2.24, 2.45) is 11.1 Å². The number of nitrogens with zero attached hydrogens (tertiary/aromatic N) is 1. The van der Waals surface area contributed by atoms with E-state index in [9.17, 15) is 4.79 Å². The van der Waals surface area contributed by atoms with Crippen molar-refractivity contribution in [3.8, 4) is 11.5 Å². The highest BCUT2D eigenvalue weighted by atomic mass is 35.5. The number of halogens is 2. The molecule has 3 N–H and O–H groups in total. The molecule has 1 fully saturated rings. The molecule has 8 heteroatoms. The van der Waals surface area contributed by atoms with Crippen molar-refractivity contribution in [2.75, 3.05) is 27.8 Å². The van der Waals surface area contributed by atoms with Crippen LogP contribution in [0.5, 0.6) is 11.5 Å². The van der Waals surface area contributed by atoms with Crippen LogP contribution in [0.25, 0.3) is 0 Å². The third-order valence-corrected chi connectivity index (χ3v) is 8.49. The zero-order valence-electron chi connectivity index (χ0n) is 24.7. The largest absolute Gasteiger partial charge is 0.493 e. The Labute approximate surface area is 254 Å². The molecule has 4 rings (SSSR count). The van der Waals surface area contributed by atoms with Gasteiger partial charge in [0.2, 0.25) is 5.91 Å². The zero-order valence-corrected chi connectivity index (χ0v) is 26.2. The molecule has 1 saturated heterocycles. The van der Waals surface area contributed by atoms with Gasteiger partial charge in [-0.1, -0.05) is 74.3 Å². The molecule has 220 valence electrons. The highest BCUT2D eigenvalue weighted by Gasteiger charge is 2.57. The van der Waals surface area contributed by atoms with Crippen LogP contribution in [0.15, 0.2) is 66.7 Å². The summed E-state index contributed by atoms with van der Waals surface area (Å²) in [6, 6.07) is 20.5. The number of hydrogen-bond donors (Lipinski definition) is 2. The topological polar surface area (TPSA) is 76.8 Å². The van der Waals surface area contributed by atoms with Crippen LogP contribution in [0.1, 0.15) is 49.8 Å². The van der Waals surface area contributed by atoms with E-state index in [4.69, 9.17) is 38.4 Å². The molecule has 3 aromatic rings. The summed E-state index contributed by atoms with van der Waals surface area (Å²) in [6.07, 6.45) is 1.43. The summed E-state index contributed by atoms with van der Waals surface area (Å²) in [4.78, 5) is 16.0. The Morgan fingerprint density at radius 3 is 2.27 bits per heavy atom. The molecule has 0 spiro atoms. The van der Waals surface area contributed by atoms with Crippen molar-refractivity contribution in [3.63, 3.8) is 0 Å². The van der Waals surface area contributed by atoms with Crippen molar-refractivity contribution in [2.45, 2.75) is 57.2 Å². The summed E-state index contributed by atoms with van der Waals surface area (Å²) in [5.74, 6) is 0.950. The van der Waals surface area contributed by atoms with E-state index < -0.39 is 11.6 Å². The van der Waals surface area contributed by atoms with Gasteiger partial charge >= 0.3 is 0 Å². The average molecular weight is 599 g/mol. The first-order chi connectivity index (χ1) is 19.4. The molecule has 3 aromatic carbocycles. The summed E-state index contributed by atoms with van der Waals surface area (Å²) in [5.41, 5.74) is 9.48. The van der Waals surface area contributed by atoms with E-state index in [0.29, 0.717) is 34.5 Å². The van der Waals surface area contributed by atoms with E-state index in [0.717, 1.165) is 23.1 Å². The minimum atomic E-state index is -0.896. The molecule has 1 amide bonds. The molecule has 6 nitrogen and oxygen atoms in total. The Morgan fingerprint density at radius 2 is 1.66 bits per heavy atom. The molecule has 41 heavy (non-hydrogen) atoms. The lowest BCUT2D eigenvalue weighted by Crippen LogP contribution is -2.51. The quantitative estimate of drug-likeness (QED) is 0.297. The van der Waals surface area contributed by atoms with Gasteiger partial charge in [0.05, 0.1) is 25.8 Å². The molecule has 0 radical (unpaired) electrons. The zero-order chi connectivity index (χ0) is 29.9. The molecule has 1 aliphatic heterocycles. The minimum absolute atomic E-state index is 0.0179. The van der Waals surface area contributed by atoms with Gasteiger partial charge in [0.25, 0.3) is 0 Å². The van der Waals surface area contributed by atoms with Crippen molar-refractivity contribution < 1.29 is 14.3 Å². The van der Waals surface area contributed by atoms with E-state index in [2.05, 4.69) is 26.1 Å². The SMILES string of the molecule is COc1ccc(CCN(C)C(=O)[C@@H]2N[C@@H](CC(C)(C)C)[C@](N)(c3ccc(Cl)cc3)[C@H]2c2cccc(Cl)c2)cc1OC. The third-order valence-electron chi connectivity index (χ3n) is 8.00. The average Bonchev–Trinajstić information content (AvgIpc) is 3.22. The van der Waals surface area contributed by atoms with E-state index in [1.807, 2.05) is 73.8 Å². The monoisotopic (exact) mass is 597 g/mol. The predicted molar refractivity (Wildman–Crippen MR) is 167 cm³/mol. The van der Waals surface area contributed by atoms with Crippen LogP contribution < -0.4 is 20.5 Å². The molecular weight excluding hydrogens is 557 g/mol. The van der Waals surface area contributed by atoms with Crippen molar-refractivity contribution in [1.82, 2.24) is 10.2 Å². The predicted octanol–water partition coefficient (Wildman–Crippen LogP) is 6.43. The number of nitrogens with one attached hydrogen (secondary N) is 1. The summed E-state index contributed by atoms with van der Waals surface area (Å²) in [5, 5.41) is 4.94. The van der Waals surface area contributed by atoms with E-state index >= 15 is 0 Å². The lowest BCUT2D eigenvalue weighted by molar-refractivity contribution is -0.132. The number of methoxy groups -OCH3 is 2. The second-order valence-corrected chi connectivity index (χ2v) is 13.0. The van der Waals surface area contributed by atoms with Crippen LogP contribution in [0.2, 0.25) is 10.0 Å². The second-order valence-electron chi connectivity index (χ2n) is 12.1. The van der Waals surface area contributed by atoms with E-state index in [1.165, 1.54) is 0 Å². The van der Waals surface area contributed by atoms with Crippen LogP contribution in [0.3, 0.4) is 0 Å². The first kappa shape index (κ1) is 31.2. The Kier molecular flexibility index (Phi) is 9.59. The number of rotatable bonds is 9. The molecular formula is C33H41Cl2N3O3. The lowest BCUT2D eigenvalue weighted by Gasteiger charge is -2.40. The number of ether oxygens (including phenoxy) is 2. The van der Waals surface area contributed by atoms with Gasteiger partial charge in [-0.15, -0.1) is 0 Å². The second kappa shape index (κ2) is 12.6. The van der Waals surface area contributed by atoms with Gasteiger partial charge in [-0.3, -0.25) is 4.79 Å². The minimum Gasteiger partial charge on any atom is -0.493 e. The first-order valence-electron chi connectivity index (χ1n) is 13.9. The van der Waals surface area contributed by atoms with Gasteiger partial charge in [0.1, 0.15) is 0 Å². The van der Waals surface area contributed by atoms with Gasteiger partial charge < -0.3 is 25.4 Å². The Hall–Kier alpha value is -2.77. The Balaban J connectivity index is 1.70. The van der Waals surface area contributed by atoms with Crippen LogP contribution in [0, 0.1) is 5.41 Å². The van der Waals surface area contributed by atoms with Gasteiger partial charge in [0.15, 0.2) is 11.5 Å². The summed E-state index contributed by atoms with van der Waals surface area (Å²) in [7, 11) is 5.08. The van der Waals surface area contributed by atoms with Gasteiger partial charge in [-0.2, -0.15) is 0 Å². The number of benzene rings is 3. The fraction of sp³-hybridized carbons (Fsp3) is 0.424. The maximum atomic E-state index is 14.3.